The molecule has 0 radical (unpaired) electrons. The van der Waals surface area contributed by atoms with Crippen LogP contribution in [0.25, 0.3) is 0 Å². The SMILES string of the molecule is Cc1cnc(CO)c(C(F)F)c1C#N. The van der Waals surface area contributed by atoms with Crippen LogP contribution in [0.15, 0.2) is 6.20 Å². The number of hydrogen-bond donors (Lipinski definition) is 1. The van der Waals surface area contributed by atoms with Crippen molar-refractivity contribution in [2.45, 2.75) is 20.0 Å². The summed E-state index contributed by atoms with van der Waals surface area (Å²) < 4.78 is 25.1. The number of aromatic nitrogens is 1. The summed E-state index contributed by atoms with van der Waals surface area (Å²) in [7, 11) is 0. The zero-order valence-electron chi connectivity index (χ0n) is 7.46. The molecule has 0 atom stereocenters. The molecular weight excluding hydrogens is 190 g/mol. The molecule has 0 aliphatic rings. The first-order valence-corrected chi connectivity index (χ1v) is 3.89. The molecule has 0 unspecified atom stereocenters. The maximum Gasteiger partial charge on any atom is 0.266 e. The summed E-state index contributed by atoms with van der Waals surface area (Å²) in [5.74, 6) is 0. The molecular formula is C9H8F2N2O. The van der Waals surface area contributed by atoms with Crippen LogP contribution in [0, 0.1) is 18.3 Å². The molecule has 5 heteroatoms. The Hall–Kier alpha value is -1.54. The van der Waals surface area contributed by atoms with Crippen molar-refractivity contribution in [3.05, 3.63) is 28.6 Å². The summed E-state index contributed by atoms with van der Waals surface area (Å²) in [6.07, 6.45) is -1.49. The van der Waals surface area contributed by atoms with Gasteiger partial charge in [-0.1, -0.05) is 0 Å². The largest absolute Gasteiger partial charge is 0.390 e. The van der Waals surface area contributed by atoms with Gasteiger partial charge in [0, 0.05) is 6.20 Å². The first-order chi connectivity index (χ1) is 6.61. The lowest BCUT2D eigenvalue weighted by molar-refractivity contribution is 0.145. The van der Waals surface area contributed by atoms with Gasteiger partial charge in [0.2, 0.25) is 0 Å². The molecule has 0 saturated carbocycles. The van der Waals surface area contributed by atoms with Crippen molar-refractivity contribution in [3.8, 4) is 6.07 Å². The van der Waals surface area contributed by atoms with Crippen LogP contribution in [-0.2, 0) is 6.61 Å². The van der Waals surface area contributed by atoms with Crippen LogP contribution in [0.5, 0.6) is 0 Å². The lowest BCUT2D eigenvalue weighted by atomic mass is 10.0. The van der Waals surface area contributed by atoms with Gasteiger partial charge in [-0.3, -0.25) is 4.98 Å². The van der Waals surface area contributed by atoms with E-state index < -0.39 is 18.6 Å². The zero-order chi connectivity index (χ0) is 10.7. The fraction of sp³-hybridized carbons (Fsp3) is 0.333. The molecule has 3 nitrogen and oxygen atoms in total. The number of aryl methyl sites for hydroxylation is 1. The van der Waals surface area contributed by atoms with Crippen LogP contribution in [0.1, 0.15) is 28.8 Å². The van der Waals surface area contributed by atoms with E-state index in [2.05, 4.69) is 4.98 Å². The normalized spacial score (nSPS) is 10.3. The average Bonchev–Trinajstić information content (AvgIpc) is 2.17. The van der Waals surface area contributed by atoms with Crippen molar-refractivity contribution in [3.63, 3.8) is 0 Å². The highest BCUT2D eigenvalue weighted by molar-refractivity contribution is 5.45. The summed E-state index contributed by atoms with van der Waals surface area (Å²) >= 11 is 0. The minimum Gasteiger partial charge on any atom is -0.390 e. The van der Waals surface area contributed by atoms with E-state index in [0.29, 0.717) is 5.56 Å². The molecule has 1 aromatic rings. The van der Waals surface area contributed by atoms with Crippen molar-refractivity contribution in [1.29, 1.82) is 5.26 Å². The number of hydrogen-bond acceptors (Lipinski definition) is 3. The minimum atomic E-state index is -2.79. The number of pyridine rings is 1. The van der Waals surface area contributed by atoms with Gasteiger partial charge in [-0.25, -0.2) is 8.78 Å². The Kier molecular flexibility index (Phi) is 3.10. The number of halogens is 2. The quantitative estimate of drug-likeness (QED) is 0.786. The third-order valence-corrected chi connectivity index (χ3v) is 1.87. The molecule has 0 fully saturated rings. The second-order valence-corrected chi connectivity index (χ2v) is 2.75. The Morgan fingerprint density at radius 2 is 2.29 bits per heavy atom. The molecule has 1 rings (SSSR count). The zero-order valence-corrected chi connectivity index (χ0v) is 7.46. The van der Waals surface area contributed by atoms with E-state index >= 15 is 0 Å². The van der Waals surface area contributed by atoms with E-state index in [-0.39, 0.29) is 11.3 Å². The molecule has 0 saturated heterocycles. The van der Waals surface area contributed by atoms with Crippen molar-refractivity contribution < 1.29 is 13.9 Å². The topological polar surface area (TPSA) is 56.9 Å². The van der Waals surface area contributed by atoms with Gasteiger partial charge in [0.1, 0.15) is 6.07 Å². The smallest absolute Gasteiger partial charge is 0.266 e. The first kappa shape index (κ1) is 10.5. The Morgan fingerprint density at radius 3 is 2.71 bits per heavy atom. The molecule has 0 amide bonds. The summed E-state index contributed by atoms with van der Waals surface area (Å²) in [6.45, 7) is 0.938. The fourth-order valence-corrected chi connectivity index (χ4v) is 1.18. The van der Waals surface area contributed by atoms with Crippen molar-refractivity contribution in [2.24, 2.45) is 0 Å². The van der Waals surface area contributed by atoms with Crippen LogP contribution in [0.2, 0.25) is 0 Å². The second-order valence-electron chi connectivity index (χ2n) is 2.75. The molecule has 74 valence electrons. The maximum absolute atomic E-state index is 12.5. The van der Waals surface area contributed by atoms with Crippen LogP contribution < -0.4 is 0 Å². The summed E-state index contributed by atoms with van der Waals surface area (Å²) in [4.78, 5) is 3.65. The minimum absolute atomic E-state index is 0.0981. The van der Waals surface area contributed by atoms with E-state index in [0.717, 1.165) is 0 Å². The van der Waals surface area contributed by atoms with Gasteiger partial charge in [-0.15, -0.1) is 0 Å². The van der Waals surface area contributed by atoms with Gasteiger partial charge in [0.15, 0.2) is 0 Å². The second kappa shape index (κ2) is 4.11. The molecule has 0 aliphatic carbocycles. The Labute approximate surface area is 79.6 Å². The van der Waals surface area contributed by atoms with Crippen molar-refractivity contribution in [2.75, 3.05) is 0 Å². The number of rotatable bonds is 2. The van der Waals surface area contributed by atoms with Gasteiger partial charge >= 0.3 is 0 Å². The Morgan fingerprint density at radius 1 is 1.64 bits per heavy atom. The monoisotopic (exact) mass is 198 g/mol. The predicted octanol–water partition coefficient (Wildman–Crippen LogP) is 1.69. The molecule has 1 heterocycles. The van der Waals surface area contributed by atoms with E-state index in [1.54, 1.807) is 6.07 Å². The van der Waals surface area contributed by atoms with Gasteiger partial charge in [-0.2, -0.15) is 5.26 Å². The number of nitrogens with zero attached hydrogens (tertiary/aromatic N) is 2. The summed E-state index contributed by atoms with van der Waals surface area (Å²) in [6, 6.07) is 1.69. The molecule has 0 bridgehead atoms. The van der Waals surface area contributed by atoms with E-state index in [1.165, 1.54) is 13.1 Å². The van der Waals surface area contributed by atoms with Crippen LogP contribution >= 0.6 is 0 Å². The van der Waals surface area contributed by atoms with Gasteiger partial charge < -0.3 is 5.11 Å². The van der Waals surface area contributed by atoms with Crippen LogP contribution in [-0.4, -0.2) is 10.1 Å². The van der Waals surface area contributed by atoms with Crippen LogP contribution in [0.3, 0.4) is 0 Å². The van der Waals surface area contributed by atoms with Crippen molar-refractivity contribution >= 4 is 0 Å². The predicted molar refractivity (Wildman–Crippen MR) is 44.6 cm³/mol. The lowest BCUT2D eigenvalue weighted by Crippen LogP contribution is -2.03. The summed E-state index contributed by atoms with van der Waals surface area (Å²) in [5, 5.41) is 17.4. The third kappa shape index (κ3) is 1.70. The number of aliphatic hydroxyl groups excluding tert-OH is 1. The van der Waals surface area contributed by atoms with Crippen molar-refractivity contribution in [1.82, 2.24) is 4.98 Å². The van der Waals surface area contributed by atoms with Gasteiger partial charge in [0.25, 0.3) is 6.43 Å². The Bertz CT molecular complexity index is 385. The molecule has 1 aromatic heterocycles. The standard InChI is InChI=1S/C9H8F2N2O/c1-5-3-13-7(4-14)8(9(10)11)6(5)2-12/h3,9,14H,4H2,1H3. The van der Waals surface area contributed by atoms with Crippen LogP contribution in [0.4, 0.5) is 8.78 Å². The van der Waals surface area contributed by atoms with Gasteiger partial charge in [-0.05, 0) is 12.5 Å². The van der Waals surface area contributed by atoms with E-state index in [1.807, 2.05) is 0 Å². The first-order valence-electron chi connectivity index (χ1n) is 3.89. The molecule has 0 spiro atoms. The number of nitriles is 1. The average molecular weight is 198 g/mol. The molecule has 1 N–H and O–H groups in total. The highest BCUT2D eigenvalue weighted by atomic mass is 19.3. The summed E-state index contributed by atoms with van der Waals surface area (Å²) in [5.41, 5.74) is -0.309. The molecule has 0 aliphatic heterocycles. The van der Waals surface area contributed by atoms with Gasteiger partial charge in [0.05, 0.1) is 23.4 Å². The highest BCUT2D eigenvalue weighted by Gasteiger charge is 2.20. The van der Waals surface area contributed by atoms with E-state index in [4.69, 9.17) is 10.4 Å². The molecule has 0 aromatic carbocycles. The number of aliphatic hydroxyl groups is 1. The third-order valence-electron chi connectivity index (χ3n) is 1.87. The fourth-order valence-electron chi connectivity index (χ4n) is 1.18. The lowest BCUT2D eigenvalue weighted by Gasteiger charge is -2.09. The highest BCUT2D eigenvalue weighted by Crippen LogP contribution is 2.27. The van der Waals surface area contributed by atoms with E-state index in [9.17, 15) is 8.78 Å². The number of alkyl halides is 2. The Balaban J connectivity index is 3.46. The maximum atomic E-state index is 12.5. The molecule has 14 heavy (non-hydrogen) atoms.